The highest BCUT2D eigenvalue weighted by Gasteiger charge is 2.28. The molecule has 2 aromatic rings. The number of thiophene rings is 1. The van der Waals surface area contributed by atoms with Crippen molar-refractivity contribution in [2.75, 3.05) is 13.1 Å². The molecule has 0 bridgehead atoms. The van der Waals surface area contributed by atoms with Crippen LogP contribution in [-0.4, -0.2) is 29.6 Å². The first-order chi connectivity index (χ1) is 11.5. The molecule has 1 atom stereocenters. The van der Waals surface area contributed by atoms with Gasteiger partial charge >= 0.3 is 0 Å². The Labute approximate surface area is 147 Å². The second-order valence-corrected chi connectivity index (χ2v) is 7.54. The van der Waals surface area contributed by atoms with Gasteiger partial charge in [-0.1, -0.05) is 18.2 Å². The van der Waals surface area contributed by atoms with E-state index in [2.05, 4.69) is 11.0 Å². The van der Waals surface area contributed by atoms with Crippen LogP contribution < -0.4 is 0 Å². The molecule has 24 heavy (non-hydrogen) atoms. The van der Waals surface area contributed by atoms with Crippen LogP contribution in [-0.2, 0) is 6.54 Å². The Morgan fingerprint density at radius 3 is 2.83 bits per heavy atom. The Morgan fingerprint density at radius 2 is 2.12 bits per heavy atom. The molecule has 0 spiro atoms. The summed E-state index contributed by atoms with van der Waals surface area (Å²) in [7, 11) is 0. The summed E-state index contributed by atoms with van der Waals surface area (Å²) in [6.07, 6.45) is 2.02. The van der Waals surface area contributed by atoms with Gasteiger partial charge in [-0.15, -0.1) is 11.3 Å². The molecule has 3 rings (SSSR count). The molecule has 0 aliphatic carbocycles. The van der Waals surface area contributed by atoms with Crippen molar-refractivity contribution >= 4 is 22.9 Å². The molecule has 1 fully saturated rings. The lowest BCUT2D eigenvalue weighted by Crippen LogP contribution is -2.38. The Morgan fingerprint density at radius 1 is 1.29 bits per heavy atom. The fourth-order valence-corrected chi connectivity index (χ4v) is 4.32. The average Bonchev–Trinajstić information content (AvgIpc) is 3.00. The number of rotatable bonds is 5. The van der Waals surface area contributed by atoms with Crippen molar-refractivity contribution in [3.8, 4) is 0 Å². The first-order valence-corrected chi connectivity index (χ1v) is 9.33. The highest BCUT2D eigenvalue weighted by Crippen LogP contribution is 2.26. The number of piperidine rings is 1. The predicted molar refractivity (Wildman–Crippen MR) is 97.8 cm³/mol. The Balaban J connectivity index is 1.68. The van der Waals surface area contributed by atoms with E-state index in [1.807, 2.05) is 36.6 Å². The van der Waals surface area contributed by atoms with Crippen LogP contribution in [0.1, 0.15) is 50.9 Å². The third kappa shape index (κ3) is 3.82. The second-order valence-electron chi connectivity index (χ2n) is 6.63. The lowest BCUT2D eigenvalue weighted by molar-refractivity contribution is 0.0815. The minimum atomic E-state index is 0.0899. The number of ketones is 2. The minimum Gasteiger partial charge on any atom is -0.298 e. The molecule has 1 aliphatic heterocycles. The maximum absolute atomic E-state index is 12.8. The van der Waals surface area contributed by atoms with Crippen LogP contribution in [0.15, 0.2) is 35.7 Å². The van der Waals surface area contributed by atoms with Gasteiger partial charge in [-0.2, -0.15) is 0 Å². The first-order valence-electron chi connectivity index (χ1n) is 8.45. The van der Waals surface area contributed by atoms with Gasteiger partial charge in [-0.25, -0.2) is 0 Å². The van der Waals surface area contributed by atoms with Crippen LogP contribution in [0.5, 0.6) is 0 Å². The molecule has 0 amide bonds. The van der Waals surface area contributed by atoms with Crippen molar-refractivity contribution in [1.82, 2.24) is 4.90 Å². The maximum atomic E-state index is 12.8. The van der Waals surface area contributed by atoms with Gasteiger partial charge in [0.05, 0.1) is 4.88 Å². The van der Waals surface area contributed by atoms with Crippen LogP contribution in [0.3, 0.4) is 0 Å². The second kappa shape index (κ2) is 7.41. The van der Waals surface area contributed by atoms with Gasteiger partial charge in [0.15, 0.2) is 11.6 Å². The van der Waals surface area contributed by atoms with E-state index < -0.39 is 0 Å². The molecule has 0 radical (unpaired) electrons. The van der Waals surface area contributed by atoms with E-state index in [-0.39, 0.29) is 11.7 Å². The zero-order chi connectivity index (χ0) is 17.1. The fraction of sp³-hybridized carbons (Fsp3) is 0.400. The van der Waals surface area contributed by atoms with Crippen LogP contribution >= 0.6 is 11.3 Å². The molecule has 0 N–H and O–H groups in total. The highest BCUT2D eigenvalue weighted by atomic mass is 32.1. The van der Waals surface area contributed by atoms with Crippen LogP contribution in [0.25, 0.3) is 0 Å². The molecule has 4 heteroatoms. The van der Waals surface area contributed by atoms with E-state index in [0.29, 0.717) is 5.78 Å². The first kappa shape index (κ1) is 17.1. The summed E-state index contributed by atoms with van der Waals surface area (Å²) < 4.78 is 0. The minimum absolute atomic E-state index is 0.0899. The highest BCUT2D eigenvalue weighted by molar-refractivity contribution is 7.12. The summed E-state index contributed by atoms with van der Waals surface area (Å²) >= 11 is 1.56. The topological polar surface area (TPSA) is 37.4 Å². The fourth-order valence-electron chi connectivity index (χ4n) is 3.37. The molecule has 1 aliphatic rings. The zero-order valence-electron chi connectivity index (χ0n) is 14.2. The largest absolute Gasteiger partial charge is 0.298 e. The maximum Gasteiger partial charge on any atom is 0.177 e. The third-order valence-corrected chi connectivity index (χ3v) is 5.73. The number of carbonyl (C=O) groups is 2. The third-order valence-electron chi connectivity index (χ3n) is 4.70. The van der Waals surface area contributed by atoms with Gasteiger partial charge in [-0.05, 0) is 61.9 Å². The molecular weight excluding hydrogens is 318 g/mol. The summed E-state index contributed by atoms with van der Waals surface area (Å²) in [6, 6.07) is 9.84. The number of benzene rings is 1. The average molecular weight is 341 g/mol. The smallest absolute Gasteiger partial charge is 0.177 e. The summed E-state index contributed by atoms with van der Waals surface area (Å²) in [5, 5.41) is 2.00. The molecule has 1 aromatic carbocycles. The molecule has 1 saturated heterocycles. The van der Waals surface area contributed by atoms with E-state index in [0.717, 1.165) is 54.0 Å². The number of aryl methyl sites for hydroxylation is 1. The number of carbonyl (C=O) groups excluding carboxylic acids is 2. The molecule has 126 valence electrons. The summed E-state index contributed by atoms with van der Waals surface area (Å²) in [5.74, 6) is 0.480. The number of hydrogen-bond acceptors (Lipinski definition) is 4. The summed E-state index contributed by atoms with van der Waals surface area (Å²) in [5.41, 5.74) is 2.99. The van der Waals surface area contributed by atoms with E-state index in [4.69, 9.17) is 0 Å². The van der Waals surface area contributed by atoms with Crippen LogP contribution in [0.4, 0.5) is 0 Å². The van der Waals surface area contributed by atoms with Gasteiger partial charge in [0.1, 0.15) is 0 Å². The predicted octanol–water partition coefficient (Wildman–Crippen LogP) is 4.35. The van der Waals surface area contributed by atoms with Crippen molar-refractivity contribution in [3.05, 3.63) is 57.3 Å². The lowest BCUT2D eigenvalue weighted by Gasteiger charge is -2.32. The van der Waals surface area contributed by atoms with E-state index >= 15 is 0 Å². The quantitative estimate of drug-likeness (QED) is 0.759. The van der Waals surface area contributed by atoms with Gasteiger partial charge in [0.2, 0.25) is 0 Å². The molecule has 3 nitrogen and oxygen atoms in total. The van der Waals surface area contributed by atoms with Crippen molar-refractivity contribution in [2.45, 2.75) is 33.2 Å². The number of nitrogens with zero attached hydrogens (tertiary/aromatic N) is 1. The van der Waals surface area contributed by atoms with Crippen molar-refractivity contribution in [3.63, 3.8) is 0 Å². The SMILES string of the molecule is CC(=O)c1cccc(CN2CCC[C@H](C(=O)c3sccc3C)C2)c1. The van der Waals surface area contributed by atoms with Gasteiger partial charge in [0.25, 0.3) is 0 Å². The van der Waals surface area contributed by atoms with E-state index in [9.17, 15) is 9.59 Å². The van der Waals surface area contributed by atoms with Crippen LogP contribution in [0.2, 0.25) is 0 Å². The lowest BCUT2D eigenvalue weighted by atomic mass is 9.91. The monoisotopic (exact) mass is 341 g/mol. The number of Topliss-reactive ketones (excluding diaryl/α,β-unsaturated/α-hetero) is 2. The molecule has 0 unspecified atom stereocenters. The Bertz CT molecular complexity index is 750. The Hall–Kier alpha value is -1.78. The Kier molecular flexibility index (Phi) is 5.27. The van der Waals surface area contributed by atoms with Crippen molar-refractivity contribution in [1.29, 1.82) is 0 Å². The van der Waals surface area contributed by atoms with E-state index in [1.54, 1.807) is 18.3 Å². The molecule has 0 saturated carbocycles. The molecule has 1 aromatic heterocycles. The van der Waals surface area contributed by atoms with Crippen molar-refractivity contribution in [2.24, 2.45) is 5.92 Å². The van der Waals surface area contributed by atoms with Gasteiger partial charge in [-0.3, -0.25) is 14.5 Å². The van der Waals surface area contributed by atoms with E-state index in [1.165, 1.54) is 0 Å². The van der Waals surface area contributed by atoms with Gasteiger partial charge in [0, 0.05) is 24.6 Å². The van der Waals surface area contributed by atoms with Gasteiger partial charge < -0.3 is 0 Å². The number of likely N-dealkylation sites (tertiary alicyclic amines) is 1. The zero-order valence-corrected chi connectivity index (χ0v) is 15.1. The molecular formula is C20H23NO2S. The summed E-state index contributed by atoms with van der Waals surface area (Å²) in [4.78, 5) is 27.6. The summed E-state index contributed by atoms with van der Waals surface area (Å²) in [6.45, 7) is 6.22. The van der Waals surface area contributed by atoms with Crippen molar-refractivity contribution < 1.29 is 9.59 Å². The normalized spacial score (nSPS) is 18.5. The van der Waals surface area contributed by atoms with Crippen LogP contribution in [0, 0.1) is 12.8 Å². The standard InChI is InChI=1S/C20H23NO2S/c1-14-8-10-24-20(14)19(23)18-7-4-9-21(13-18)12-16-5-3-6-17(11-16)15(2)22/h3,5-6,8,10-11,18H,4,7,9,12-13H2,1-2H3/t18-/m0/s1. The molecule has 2 heterocycles. The number of hydrogen-bond donors (Lipinski definition) is 0.